The topological polar surface area (TPSA) is 68.2 Å². The molecule has 0 aromatic heterocycles. The van der Waals surface area contributed by atoms with Crippen LogP contribution in [0.1, 0.15) is 25.5 Å². The molecule has 0 saturated carbocycles. The smallest absolute Gasteiger partial charge is 0.138 e. The Balaban J connectivity index is 2.41. The number of aliphatic hydroxyl groups is 2. The van der Waals surface area contributed by atoms with Gasteiger partial charge in [-0.2, -0.15) is 0 Å². The van der Waals surface area contributed by atoms with Crippen molar-refractivity contribution in [2.75, 3.05) is 26.9 Å². The minimum absolute atomic E-state index is 0.0768. The van der Waals surface area contributed by atoms with E-state index in [4.69, 9.17) is 25.8 Å². The van der Waals surface area contributed by atoms with E-state index in [1.807, 2.05) is 6.92 Å². The summed E-state index contributed by atoms with van der Waals surface area (Å²) < 4.78 is 15.8. The fraction of sp³-hybridized carbons (Fsp3) is 0.600. The fourth-order valence-corrected chi connectivity index (χ4v) is 1.93. The Morgan fingerprint density at radius 2 is 1.86 bits per heavy atom. The van der Waals surface area contributed by atoms with Crippen molar-refractivity contribution in [2.24, 2.45) is 0 Å². The van der Waals surface area contributed by atoms with Crippen LogP contribution in [0, 0.1) is 0 Å². The Hall–Kier alpha value is -0.850. The molecule has 0 fully saturated rings. The first kappa shape index (κ1) is 18.2. The molecule has 2 unspecified atom stereocenters. The first-order valence-corrected chi connectivity index (χ1v) is 7.20. The molecule has 0 radical (unpaired) electrons. The molecule has 2 N–H and O–H groups in total. The maximum absolute atomic E-state index is 9.79. The van der Waals surface area contributed by atoms with E-state index in [0.29, 0.717) is 22.9 Å². The van der Waals surface area contributed by atoms with Gasteiger partial charge in [-0.3, -0.25) is 0 Å². The molecular weight excluding hydrogens is 296 g/mol. The van der Waals surface area contributed by atoms with Gasteiger partial charge in [0.1, 0.15) is 18.5 Å². The summed E-state index contributed by atoms with van der Waals surface area (Å²) in [6.45, 7) is 4.23. The molecule has 0 bridgehead atoms. The number of benzene rings is 1. The lowest BCUT2D eigenvalue weighted by molar-refractivity contribution is -0.0422. The minimum atomic E-state index is -0.753. The summed E-state index contributed by atoms with van der Waals surface area (Å²) in [6.07, 6.45) is -1.42. The Bertz CT molecular complexity index is 425. The third kappa shape index (κ3) is 6.63. The zero-order valence-corrected chi connectivity index (χ0v) is 13.3. The molecule has 1 aromatic carbocycles. The maximum Gasteiger partial charge on any atom is 0.138 e. The van der Waals surface area contributed by atoms with Gasteiger partial charge in [0.05, 0.1) is 30.4 Å². The van der Waals surface area contributed by atoms with Gasteiger partial charge in [0.15, 0.2) is 0 Å². The lowest BCUT2D eigenvalue weighted by Crippen LogP contribution is -2.27. The van der Waals surface area contributed by atoms with Gasteiger partial charge in [0.25, 0.3) is 0 Å². The molecule has 0 saturated heterocycles. The van der Waals surface area contributed by atoms with Crippen LogP contribution in [0.3, 0.4) is 0 Å². The molecule has 1 aromatic rings. The maximum atomic E-state index is 9.79. The molecule has 5 nitrogen and oxygen atoms in total. The molecule has 0 aliphatic rings. The first-order valence-electron chi connectivity index (χ1n) is 6.83. The van der Waals surface area contributed by atoms with E-state index < -0.39 is 12.2 Å². The highest BCUT2D eigenvalue weighted by molar-refractivity contribution is 6.32. The number of ether oxygens (including phenoxy) is 3. The largest absolute Gasteiger partial charge is 0.489 e. The molecule has 0 aliphatic carbocycles. The second-order valence-electron chi connectivity index (χ2n) is 4.93. The molecular formula is C15H23ClO5. The predicted molar refractivity (Wildman–Crippen MR) is 80.9 cm³/mol. The summed E-state index contributed by atoms with van der Waals surface area (Å²) >= 11 is 6.06. The standard InChI is InChI=1S/C15H23ClO5/c1-10(7-19-3)20-8-13(18)9-21-15-5-4-12(11(2)17)6-14(15)16/h4-6,10-11,13,17-18H,7-9H2,1-3H3/t10?,11-,13?/m0/s1. The van der Waals surface area contributed by atoms with Crippen LogP contribution >= 0.6 is 11.6 Å². The average Bonchev–Trinajstić information content (AvgIpc) is 2.44. The van der Waals surface area contributed by atoms with Gasteiger partial charge in [-0.15, -0.1) is 0 Å². The summed E-state index contributed by atoms with van der Waals surface area (Å²) in [5.74, 6) is 0.463. The molecule has 6 heteroatoms. The molecule has 0 aliphatic heterocycles. The quantitative estimate of drug-likeness (QED) is 0.730. The average molecular weight is 319 g/mol. The third-order valence-electron chi connectivity index (χ3n) is 2.84. The van der Waals surface area contributed by atoms with Crippen LogP contribution < -0.4 is 4.74 Å². The van der Waals surface area contributed by atoms with E-state index in [1.165, 1.54) is 0 Å². The number of aliphatic hydroxyl groups excluding tert-OH is 2. The van der Waals surface area contributed by atoms with Gasteiger partial charge in [0, 0.05) is 7.11 Å². The highest BCUT2D eigenvalue weighted by atomic mass is 35.5. The highest BCUT2D eigenvalue weighted by Gasteiger charge is 2.11. The minimum Gasteiger partial charge on any atom is -0.489 e. The van der Waals surface area contributed by atoms with Gasteiger partial charge in [-0.1, -0.05) is 17.7 Å². The second-order valence-corrected chi connectivity index (χ2v) is 5.34. The normalized spacial score (nSPS) is 15.5. The van der Waals surface area contributed by atoms with Gasteiger partial charge < -0.3 is 24.4 Å². The molecule has 3 atom stereocenters. The van der Waals surface area contributed by atoms with Crippen molar-refractivity contribution >= 4 is 11.6 Å². The second kappa shape index (κ2) is 9.23. The van der Waals surface area contributed by atoms with Crippen molar-refractivity contribution in [3.8, 4) is 5.75 Å². The van der Waals surface area contributed by atoms with Crippen molar-refractivity contribution in [1.82, 2.24) is 0 Å². The fourth-order valence-electron chi connectivity index (χ4n) is 1.69. The van der Waals surface area contributed by atoms with E-state index >= 15 is 0 Å². The third-order valence-corrected chi connectivity index (χ3v) is 3.14. The summed E-state index contributed by atoms with van der Waals surface area (Å²) in [6, 6.07) is 5.05. The van der Waals surface area contributed by atoms with Crippen LogP contribution in [-0.4, -0.2) is 49.4 Å². The van der Waals surface area contributed by atoms with Crippen molar-refractivity contribution in [1.29, 1.82) is 0 Å². The number of rotatable bonds is 9. The van der Waals surface area contributed by atoms with Gasteiger partial charge in [0.2, 0.25) is 0 Å². The first-order chi connectivity index (χ1) is 9.93. The summed E-state index contributed by atoms with van der Waals surface area (Å²) in [5.41, 5.74) is 0.713. The van der Waals surface area contributed by atoms with Crippen LogP contribution in [-0.2, 0) is 9.47 Å². The van der Waals surface area contributed by atoms with Crippen LogP contribution in [0.25, 0.3) is 0 Å². The Labute approximate surface area is 130 Å². The predicted octanol–water partition coefficient (Wildman–Crippen LogP) is 2.18. The molecule has 0 spiro atoms. The number of hydrogen-bond acceptors (Lipinski definition) is 5. The molecule has 21 heavy (non-hydrogen) atoms. The summed E-state index contributed by atoms with van der Waals surface area (Å²) in [7, 11) is 1.60. The van der Waals surface area contributed by atoms with Crippen LogP contribution in [0.2, 0.25) is 5.02 Å². The Morgan fingerprint density at radius 3 is 2.43 bits per heavy atom. The van der Waals surface area contributed by atoms with Crippen molar-refractivity contribution in [3.63, 3.8) is 0 Å². The van der Waals surface area contributed by atoms with Gasteiger partial charge in [-0.25, -0.2) is 0 Å². The SMILES string of the molecule is COCC(C)OCC(O)COc1ccc([C@H](C)O)cc1Cl. The number of hydrogen-bond donors (Lipinski definition) is 2. The molecule has 0 heterocycles. The van der Waals surface area contributed by atoms with Crippen LogP contribution in [0.4, 0.5) is 0 Å². The van der Waals surface area contributed by atoms with E-state index in [9.17, 15) is 10.2 Å². The van der Waals surface area contributed by atoms with Crippen LogP contribution in [0.5, 0.6) is 5.75 Å². The molecule has 1 rings (SSSR count). The van der Waals surface area contributed by atoms with Crippen LogP contribution in [0.15, 0.2) is 18.2 Å². The van der Waals surface area contributed by atoms with Gasteiger partial charge in [-0.05, 0) is 31.5 Å². The molecule has 0 amide bonds. The summed E-state index contributed by atoms with van der Waals surface area (Å²) in [5, 5.41) is 19.6. The number of methoxy groups -OCH3 is 1. The lowest BCUT2D eigenvalue weighted by Gasteiger charge is -2.17. The number of halogens is 1. The van der Waals surface area contributed by atoms with Crippen molar-refractivity contribution < 1.29 is 24.4 Å². The monoisotopic (exact) mass is 318 g/mol. The van der Waals surface area contributed by atoms with E-state index in [2.05, 4.69) is 0 Å². The Morgan fingerprint density at radius 1 is 1.14 bits per heavy atom. The van der Waals surface area contributed by atoms with E-state index in [1.54, 1.807) is 32.2 Å². The molecule has 120 valence electrons. The van der Waals surface area contributed by atoms with Crippen molar-refractivity contribution in [2.45, 2.75) is 32.2 Å². The lowest BCUT2D eigenvalue weighted by atomic mass is 10.1. The zero-order valence-electron chi connectivity index (χ0n) is 12.6. The Kier molecular flexibility index (Phi) is 8.00. The highest BCUT2D eigenvalue weighted by Crippen LogP contribution is 2.27. The van der Waals surface area contributed by atoms with Gasteiger partial charge >= 0.3 is 0 Å². The van der Waals surface area contributed by atoms with Crippen molar-refractivity contribution in [3.05, 3.63) is 28.8 Å². The van der Waals surface area contributed by atoms with E-state index in [-0.39, 0.29) is 19.3 Å². The summed E-state index contributed by atoms with van der Waals surface area (Å²) in [4.78, 5) is 0. The zero-order chi connectivity index (χ0) is 15.8. The van der Waals surface area contributed by atoms with E-state index in [0.717, 1.165) is 0 Å².